The summed E-state index contributed by atoms with van der Waals surface area (Å²) in [6.45, 7) is 5.59. The zero-order chi connectivity index (χ0) is 29.4. The van der Waals surface area contributed by atoms with Crippen LogP contribution < -0.4 is 9.62 Å². The van der Waals surface area contributed by atoms with Gasteiger partial charge in [-0.15, -0.1) is 11.3 Å². The highest BCUT2D eigenvalue weighted by atomic mass is 32.2. The molecule has 41 heavy (non-hydrogen) atoms. The molecule has 1 aliphatic rings. The van der Waals surface area contributed by atoms with E-state index in [1.54, 1.807) is 0 Å². The van der Waals surface area contributed by atoms with Crippen molar-refractivity contribution in [2.75, 3.05) is 35.8 Å². The lowest BCUT2D eigenvalue weighted by atomic mass is 10.1. The Bertz CT molecular complexity index is 1680. The number of hydrogen-bond acceptors (Lipinski definition) is 7. The van der Waals surface area contributed by atoms with E-state index >= 15 is 0 Å². The number of carbonyl (C=O) groups excluding carboxylic acids is 1. The monoisotopic (exact) mass is 601 g/mol. The van der Waals surface area contributed by atoms with E-state index in [-0.39, 0.29) is 23.5 Å². The van der Waals surface area contributed by atoms with E-state index in [0.29, 0.717) is 19.2 Å². The van der Waals surface area contributed by atoms with Gasteiger partial charge in [0.05, 0.1) is 22.5 Å². The maximum atomic E-state index is 13.5. The largest absolute Gasteiger partial charge is 0.416 e. The molecule has 3 heterocycles. The Balaban J connectivity index is 1.34. The Labute approximate surface area is 239 Å². The first-order valence-corrected chi connectivity index (χ1v) is 15.0. The summed E-state index contributed by atoms with van der Waals surface area (Å²) in [6, 6.07) is 11.2. The number of nitrogens with zero attached hydrogens (tertiary/aromatic N) is 4. The van der Waals surface area contributed by atoms with Crippen LogP contribution >= 0.6 is 11.3 Å². The standard InChI is InChI=1S/C28H26F3N5O3S2/c1-18-5-6-20(14-19(18)2)25-17-40-27(33-25)36-12-10-35(11-13-36)26(37)23-8-7-21(28(29,30)31)15-24(23)34-41(38,39)22-4-3-9-32-16-22/h3-9,14-17,34H,10-13H2,1-2H3. The minimum absolute atomic E-state index is 0.176. The molecule has 8 nitrogen and oxygen atoms in total. The lowest BCUT2D eigenvalue weighted by molar-refractivity contribution is -0.137. The smallest absolute Gasteiger partial charge is 0.345 e. The number of amides is 1. The van der Waals surface area contributed by atoms with Gasteiger partial charge in [-0.1, -0.05) is 12.1 Å². The van der Waals surface area contributed by atoms with Crippen molar-refractivity contribution >= 4 is 38.1 Å². The average Bonchev–Trinajstić information content (AvgIpc) is 3.44. The summed E-state index contributed by atoms with van der Waals surface area (Å²) in [5.41, 5.74) is 2.56. The maximum absolute atomic E-state index is 13.5. The number of aromatic nitrogens is 2. The first-order chi connectivity index (χ1) is 19.4. The fourth-order valence-electron chi connectivity index (χ4n) is 4.42. The van der Waals surface area contributed by atoms with Crippen LogP contribution in [0.3, 0.4) is 0 Å². The number of aryl methyl sites for hydroxylation is 2. The van der Waals surface area contributed by atoms with Gasteiger partial charge >= 0.3 is 6.18 Å². The molecule has 0 spiro atoms. The Hall–Kier alpha value is -3.97. The van der Waals surface area contributed by atoms with E-state index < -0.39 is 33.4 Å². The van der Waals surface area contributed by atoms with Crippen LogP contribution in [0.4, 0.5) is 24.0 Å². The van der Waals surface area contributed by atoms with Crippen LogP contribution in [0.1, 0.15) is 27.0 Å². The number of rotatable bonds is 6. The third kappa shape index (κ3) is 6.20. The van der Waals surface area contributed by atoms with Gasteiger partial charge in [-0.05, 0) is 61.4 Å². The topological polar surface area (TPSA) is 95.5 Å². The predicted octanol–water partition coefficient (Wildman–Crippen LogP) is 5.60. The average molecular weight is 602 g/mol. The number of carbonyl (C=O) groups is 1. The second-order valence-electron chi connectivity index (χ2n) is 9.65. The van der Waals surface area contributed by atoms with Crippen molar-refractivity contribution in [3.05, 3.63) is 88.6 Å². The van der Waals surface area contributed by atoms with Crippen LogP contribution in [-0.2, 0) is 16.2 Å². The number of piperazine rings is 1. The van der Waals surface area contributed by atoms with E-state index in [1.807, 2.05) is 18.4 Å². The van der Waals surface area contributed by atoms with Crippen molar-refractivity contribution in [3.63, 3.8) is 0 Å². The van der Waals surface area contributed by atoms with E-state index in [1.165, 1.54) is 45.7 Å². The molecule has 0 bridgehead atoms. The molecule has 1 fully saturated rings. The SMILES string of the molecule is Cc1ccc(-c2csc(N3CCN(C(=O)c4ccc(C(F)(F)F)cc4NS(=O)(=O)c4cccnc4)CC3)n2)cc1C. The third-order valence-electron chi connectivity index (χ3n) is 6.90. The third-order valence-corrected chi connectivity index (χ3v) is 9.15. The van der Waals surface area contributed by atoms with Crippen LogP contribution in [0, 0.1) is 13.8 Å². The Morgan fingerprint density at radius 3 is 2.41 bits per heavy atom. The minimum Gasteiger partial charge on any atom is -0.345 e. The van der Waals surface area contributed by atoms with Crippen molar-refractivity contribution in [3.8, 4) is 11.3 Å². The second-order valence-corrected chi connectivity index (χ2v) is 12.2. The molecule has 214 valence electrons. The van der Waals surface area contributed by atoms with Gasteiger partial charge in [0, 0.05) is 49.5 Å². The minimum atomic E-state index is -4.73. The Morgan fingerprint density at radius 2 is 1.76 bits per heavy atom. The molecule has 0 atom stereocenters. The van der Waals surface area contributed by atoms with Gasteiger partial charge in [0.25, 0.3) is 15.9 Å². The quantitative estimate of drug-likeness (QED) is 0.309. The van der Waals surface area contributed by atoms with E-state index in [9.17, 15) is 26.4 Å². The van der Waals surface area contributed by atoms with Crippen LogP contribution in [0.2, 0.25) is 0 Å². The number of pyridine rings is 1. The summed E-state index contributed by atoms with van der Waals surface area (Å²) < 4.78 is 68.3. The van der Waals surface area contributed by atoms with Crippen LogP contribution in [-0.4, -0.2) is 55.4 Å². The van der Waals surface area contributed by atoms with Crippen LogP contribution in [0.25, 0.3) is 11.3 Å². The van der Waals surface area contributed by atoms with Crippen molar-refractivity contribution in [1.29, 1.82) is 0 Å². The Kier molecular flexibility index (Phi) is 7.75. The molecular formula is C28H26F3N5O3S2. The number of hydrogen-bond donors (Lipinski definition) is 1. The molecule has 2 aromatic carbocycles. The second kappa shape index (κ2) is 11.1. The highest BCUT2D eigenvalue weighted by molar-refractivity contribution is 7.92. The molecule has 1 N–H and O–H groups in total. The van der Waals surface area contributed by atoms with Gasteiger partial charge in [0.2, 0.25) is 0 Å². The zero-order valence-corrected chi connectivity index (χ0v) is 23.8. The highest BCUT2D eigenvalue weighted by Crippen LogP contribution is 2.34. The molecule has 2 aromatic heterocycles. The van der Waals surface area contributed by atoms with Gasteiger partial charge in [-0.2, -0.15) is 13.2 Å². The van der Waals surface area contributed by atoms with E-state index in [0.717, 1.165) is 34.7 Å². The zero-order valence-electron chi connectivity index (χ0n) is 22.1. The van der Waals surface area contributed by atoms with Crippen LogP contribution in [0.15, 0.2) is 71.2 Å². The van der Waals surface area contributed by atoms with Crippen molar-refractivity contribution in [2.45, 2.75) is 24.9 Å². The Morgan fingerprint density at radius 1 is 1.00 bits per heavy atom. The number of benzene rings is 2. The normalized spacial score (nSPS) is 14.3. The molecular weight excluding hydrogens is 575 g/mol. The molecule has 0 radical (unpaired) electrons. The van der Waals surface area contributed by atoms with Gasteiger partial charge in [-0.25, -0.2) is 13.4 Å². The molecule has 4 aromatic rings. The summed E-state index contributed by atoms with van der Waals surface area (Å²) in [7, 11) is -4.30. The van der Waals surface area contributed by atoms with Gasteiger partial charge in [-0.3, -0.25) is 14.5 Å². The van der Waals surface area contributed by atoms with E-state index in [4.69, 9.17) is 4.98 Å². The van der Waals surface area contributed by atoms with Crippen molar-refractivity contribution < 1.29 is 26.4 Å². The lowest BCUT2D eigenvalue weighted by Crippen LogP contribution is -2.49. The first kappa shape index (κ1) is 28.6. The molecule has 0 unspecified atom stereocenters. The summed E-state index contributed by atoms with van der Waals surface area (Å²) in [5.74, 6) is -0.572. The van der Waals surface area contributed by atoms with Crippen LogP contribution in [0.5, 0.6) is 0 Å². The molecule has 5 rings (SSSR count). The predicted molar refractivity (Wildman–Crippen MR) is 152 cm³/mol. The molecule has 0 aliphatic carbocycles. The summed E-state index contributed by atoms with van der Waals surface area (Å²) in [6.07, 6.45) is -2.29. The number of alkyl halides is 3. The number of thiazole rings is 1. The van der Waals surface area contributed by atoms with Gasteiger partial charge < -0.3 is 9.80 Å². The maximum Gasteiger partial charge on any atom is 0.416 e. The summed E-state index contributed by atoms with van der Waals surface area (Å²) in [4.78, 5) is 25.3. The summed E-state index contributed by atoms with van der Waals surface area (Å²) in [5, 5.41) is 2.80. The fourth-order valence-corrected chi connectivity index (χ4v) is 6.34. The molecule has 0 saturated carbocycles. The lowest BCUT2D eigenvalue weighted by Gasteiger charge is -2.35. The van der Waals surface area contributed by atoms with Crippen molar-refractivity contribution in [2.24, 2.45) is 0 Å². The van der Waals surface area contributed by atoms with Gasteiger partial charge in [0.15, 0.2) is 5.13 Å². The number of sulfonamides is 1. The molecule has 1 amide bonds. The molecule has 1 saturated heterocycles. The molecule has 1 aliphatic heterocycles. The summed E-state index contributed by atoms with van der Waals surface area (Å²) >= 11 is 1.50. The number of halogens is 3. The highest BCUT2D eigenvalue weighted by Gasteiger charge is 2.33. The number of nitrogens with one attached hydrogen (secondary N) is 1. The fraction of sp³-hybridized carbons (Fsp3) is 0.250. The van der Waals surface area contributed by atoms with E-state index in [2.05, 4.69) is 33.7 Å². The molecule has 13 heteroatoms. The first-order valence-electron chi connectivity index (χ1n) is 12.6. The number of anilines is 2. The van der Waals surface area contributed by atoms with Crippen molar-refractivity contribution in [1.82, 2.24) is 14.9 Å². The van der Waals surface area contributed by atoms with Gasteiger partial charge in [0.1, 0.15) is 4.90 Å².